The third-order valence-electron chi connectivity index (χ3n) is 4.93. The lowest BCUT2D eigenvalue weighted by Gasteiger charge is -2.38. The zero-order valence-corrected chi connectivity index (χ0v) is 17.0. The van der Waals surface area contributed by atoms with Crippen molar-refractivity contribution in [2.24, 2.45) is 0 Å². The summed E-state index contributed by atoms with van der Waals surface area (Å²) in [5, 5.41) is 0. The Morgan fingerprint density at radius 1 is 0.926 bits per heavy atom. The number of para-hydroxylation sites is 2. The minimum atomic E-state index is -3.33. The SMILES string of the molecule is CN(C)CCN1CCN(S(=O)(=O)CCCc2ccccc2)c2ccccc21. The first-order chi connectivity index (χ1) is 13.0. The molecule has 0 fully saturated rings. The van der Waals surface area contributed by atoms with Gasteiger partial charge in [0.25, 0.3) is 0 Å². The molecular formula is C21H29N3O2S. The number of anilines is 2. The van der Waals surface area contributed by atoms with E-state index in [9.17, 15) is 8.42 Å². The molecule has 27 heavy (non-hydrogen) atoms. The molecule has 2 aromatic rings. The molecule has 0 saturated carbocycles. The van der Waals surface area contributed by atoms with Crippen LogP contribution in [0.2, 0.25) is 0 Å². The quantitative estimate of drug-likeness (QED) is 0.699. The Morgan fingerprint density at radius 3 is 2.30 bits per heavy atom. The Hall–Kier alpha value is -2.05. The second kappa shape index (κ2) is 8.76. The molecule has 0 aromatic heterocycles. The van der Waals surface area contributed by atoms with Gasteiger partial charge in [-0.25, -0.2) is 8.42 Å². The van der Waals surface area contributed by atoms with E-state index in [-0.39, 0.29) is 5.75 Å². The molecule has 3 rings (SSSR count). The van der Waals surface area contributed by atoms with E-state index in [4.69, 9.17) is 0 Å². The fourth-order valence-electron chi connectivity index (χ4n) is 3.45. The standard InChI is InChI=1S/C21H29N3O2S/c1-22(2)14-15-23-16-17-24(21-13-7-6-12-20(21)23)27(25,26)18-8-11-19-9-4-3-5-10-19/h3-7,9-10,12-13H,8,11,14-18H2,1-2H3. The molecule has 1 aliphatic rings. The van der Waals surface area contributed by atoms with E-state index in [0.29, 0.717) is 13.0 Å². The summed E-state index contributed by atoms with van der Waals surface area (Å²) in [6.45, 7) is 3.07. The van der Waals surface area contributed by atoms with Crippen LogP contribution in [0.5, 0.6) is 0 Å². The molecule has 5 nitrogen and oxygen atoms in total. The number of nitrogens with zero attached hydrogens (tertiary/aromatic N) is 3. The normalized spacial score (nSPS) is 14.5. The van der Waals surface area contributed by atoms with E-state index >= 15 is 0 Å². The number of rotatable bonds is 8. The Labute approximate surface area is 163 Å². The van der Waals surface area contributed by atoms with Crippen LogP contribution in [-0.2, 0) is 16.4 Å². The van der Waals surface area contributed by atoms with Crippen LogP contribution in [0.4, 0.5) is 11.4 Å². The van der Waals surface area contributed by atoms with Crippen LogP contribution in [0.15, 0.2) is 54.6 Å². The van der Waals surface area contributed by atoms with Gasteiger partial charge in [0.15, 0.2) is 0 Å². The van der Waals surface area contributed by atoms with Crippen molar-refractivity contribution in [1.82, 2.24) is 4.90 Å². The fraction of sp³-hybridized carbons (Fsp3) is 0.429. The van der Waals surface area contributed by atoms with Gasteiger partial charge in [-0.2, -0.15) is 0 Å². The van der Waals surface area contributed by atoms with Gasteiger partial charge in [-0.15, -0.1) is 0 Å². The number of fused-ring (bicyclic) bond motifs is 1. The van der Waals surface area contributed by atoms with Crippen molar-refractivity contribution in [3.63, 3.8) is 0 Å². The van der Waals surface area contributed by atoms with Gasteiger partial charge in [0, 0.05) is 19.6 Å². The molecule has 146 valence electrons. The van der Waals surface area contributed by atoms with Gasteiger partial charge in [0.1, 0.15) is 0 Å². The summed E-state index contributed by atoms with van der Waals surface area (Å²) in [6.07, 6.45) is 1.42. The molecule has 2 aromatic carbocycles. The monoisotopic (exact) mass is 387 g/mol. The Morgan fingerprint density at radius 2 is 1.59 bits per heavy atom. The molecule has 0 spiro atoms. The minimum absolute atomic E-state index is 0.175. The van der Waals surface area contributed by atoms with Crippen molar-refractivity contribution < 1.29 is 8.42 Å². The number of hydrogen-bond donors (Lipinski definition) is 0. The lowest BCUT2D eigenvalue weighted by molar-refractivity contribution is 0.413. The topological polar surface area (TPSA) is 43.9 Å². The molecule has 1 aliphatic heterocycles. The number of hydrogen-bond acceptors (Lipinski definition) is 4. The third kappa shape index (κ3) is 5.02. The van der Waals surface area contributed by atoms with Gasteiger partial charge in [-0.05, 0) is 44.6 Å². The van der Waals surface area contributed by atoms with Crippen molar-refractivity contribution >= 4 is 21.4 Å². The molecule has 0 atom stereocenters. The predicted octanol–water partition coefficient (Wildman–Crippen LogP) is 2.84. The van der Waals surface area contributed by atoms with Gasteiger partial charge in [0.05, 0.1) is 23.7 Å². The number of benzene rings is 2. The van der Waals surface area contributed by atoms with Crippen molar-refractivity contribution in [2.75, 3.05) is 55.2 Å². The maximum atomic E-state index is 13.0. The van der Waals surface area contributed by atoms with E-state index in [1.54, 1.807) is 4.31 Å². The van der Waals surface area contributed by atoms with Crippen LogP contribution in [0.1, 0.15) is 12.0 Å². The zero-order chi connectivity index (χ0) is 19.3. The average Bonchev–Trinajstić information content (AvgIpc) is 2.66. The van der Waals surface area contributed by atoms with Crippen LogP contribution >= 0.6 is 0 Å². The summed E-state index contributed by atoms with van der Waals surface area (Å²) in [7, 11) is 0.784. The van der Waals surface area contributed by atoms with Gasteiger partial charge < -0.3 is 9.80 Å². The second-order valence-electron chi connectivity index (χ2n) is 7.26. The number of aryl methyl sites for hydroxylation is 1. The third-order valence-corrected chi connectivity index (χ3v) is 6.78. The second-order valence-corrected chi connectivity index (χ2v) is 9.27. The molecule has 0 amide bonds. The largest absolute Gasteiger partial charge is 0.367 e. The summed E-state index contributed by atoms with van der Waals surface area (Å²) >= 11 is 0. The van der Waals surface area contributed by atoms with Crippen molar-refractivity contribution in [2.45, 2.75) is 12.8 Å². The van der Waals surface area contributed by atoms with E-state index in [0.717, 1.165) is 37.4 Å². The lowest BCUT2D eigenvalue weighted by atomic mass is 10.1. The maximum absolute atomic E-state index is 13.0. The highest BCUT2D eigenvalue weighted by molar-refractivity contribution is 7.92. The van der Waals surface area contributed by atoms with Gasteiger partial charge in [-0.3, -0.25) is 4.31 Å². The minimum Gasteiger partial charge on any atom is -0.367 e. The van der Waals surface area contributed by atoms with E-state index < -0.39 is 10.0 Å². The molecule has 0 saturated heterocycles. The lowest BCUT2D eigenvalue weighted by Crippen LogP contribution is -2.46. The molecule has 0 unspecified atom stereocenters. The van der Waals surface area contributed by atoms with Crippen molar-refractivity contribution in [1.29, 1.82) is 0 Å². The highest BCUT2D eigenvalue weighted by atomic mass is 32.2. The average molecular weight is 388 g/mol. The number of likely N-dealkylation sites (N-methyl/N-ethyl adjacent to an activating group) is 1. The Kier molecular flexibility index (Phi) is 6.39. The van der Waals surface area contributed by atoms with Crippen LogP contribution in [0.3, 0.4) is 0 Å². The number of sulfonamides is 1. The highest BCUT2D eigenvalue weighted by Crippen LogP contribution is 2.34. The van der Waals surface area contributed by atoms with E-state index in [2.05, 4.69) is 23.9 Å². The molecule has 0 bridgehead atoms. The van der Waals surface area contributed by atoms with Crippen molar-refractivity contribution in [3.8, 4) is 0 Å². The van der Waals surface area contributed by atoms with Gasteiger partial charge >= 0.3 is 0 Å². The van der Waals surface area contributed by atoms with Gasteiger partial charge in [0.2, 0.25) is 10.0 Å². The first-order valence-electron chi connectivity index (χ1n) is 9.50. The molecule has 0 aliphatic carbocycles. The van der Waals surface area contributed by atoms with E-state index in [1.807, 2.05) is 54.6 Å². The predicted molar refractivity (Wildman–Crippen MR) is 113 cm³/mol. The first-order valence-corrected chi connectivity index (χ1v) is 11.1. The molecule has 1 heterocycles. The first kappa shape index (κ1) is 19.7. The summed E-state index contributed by atoms with van der Waals surface area (Å²) in [6, 6.07) is 17.9. The van der Waals surface area contributed by atoms with Crippen LogP contribution in [0.25, 0.3) is 0 Å². The van der Waals surface area contributed by atoms with E-state index in [1.165, 1.54) is 5.56 Å². The van der Waals surface area contributed by atoms with Crippen LogP contribution < -0.4 is 9.21 Å². The summed E-state index contributed by atoms with van der Waals surface area (Å²) < 4.78 is 27.6. The summed E-state index contributed by atoms with van der Waals surface area (Å²) in [4.78, 5) is 4.43. The molecule has 0 radical (unpaired) electrons. The molecular weight excluding hydrogens is 358 g/mol. The fourth-order valence-corrected chi connectivity index (χ4v) is 4.99. The molecule has 6 heteroatoms. The Bertz CT molecular complexity index is 838. The van der Waals surface area contributed by atoms with Crippen LogP contribution in [0, 0.1) is 0 Å². The van der Waals surface area contributed by atoms with Crippen molar-refractivity contribution in [3.05, 3.63) is 60.2 Å². The highest BCUT2D eigenvalue weighted by Gasteiger charge is 2.30. The van der Waals surface area contributed by atoms with Crippen LogP contribution in [-0.4, -0.2) is 59.3 Å². The molecule has 0 N–H and O–H groups in total. The maximum Gasteiger partial charge on any atom is 0.235 e. The summed E-state index contributed by atoms with van der Waals surface area (Å²) in [5.74, 6) is 0.175. The van der Waals surface area contributed by atoms with Gasteiger partial charge in [-0.1, -0.05) is 42.5 Å². The Balaban J connectivity index is 1.70. The zero-order valence-electron chi connectivity index (χ0n) is 16.2. The smallest absolute Gasteiger partial charge is 0.235 e. The summed E-state index contributed by atoms with van der Waals surface area (Å²) in [5.41, 5.74) is 3.00.